The third kappa shape index (κ3) is 34.6. The predicted molar refractivity (Wildman–Crippen MR) is 345 cm³/mol. The number of ether oxygens (including phenoxy) is 9. The molecule has 1 heterocycles. The molecule has 0 saturated carbocycles. The minimum atomic E-state index is -1.47. The van der Waals surface area contributed by atoms with Gasteiger partial charge in [-0.25, -0.2) is 14.4 Å². The number of amides is 1. The summed E-state index contributed by atoms with van der Waals surface area (Å²) in [5.74, 6) is -2.18. The Morgan fingerprint density at radius 3 is 1.48 bits per heavy atom. The van der Waals surface area contributed by atoms with Crippen LogP contribution >= 0.6 is 0 Å². The molecule has 488 valence electrons. The summed E-state index contributed by atoms with van der Waals surface area (Å²) >= 11 is 0. The number of nitrogens with one attached hydrogen (secondary N) is 1. The van der Waals surface area contributed by atoms with Crippen molar-refractivity contribution in [1.82, 2.24) is 5.32 Å². The molecular formula is C73H113NO13. The molecule has 0 aromatic heterocycles. The molecule has 1 aliphatic heterocycles. The number of hydrogen-bond donors (Lipinski definition) is 1. The van der Waals surface area contributed by atoms with Gasteiger partial charge in [-0.3, -0.25) is 4.79 Å². The Labute approximate surface area is 527 Å². The highest BCUT2D eigenvalue weighted by atomic mass is 16.7. The summed E-state index contributed by atoms with van der Waals surface area (Å²) in [6.45, 7) is 10.5. The predicted octanol–water partition coefficient (Wildman–Crippen LogP) is 16.4. The quantitative estimate of drug-likeness (QED) is 0.0246. The van der Waals surface area contributed by atoms with Gasteiger partial charge in [0.2, 0.25) is 5.91 Å². The number of carbonyl (C=O) groups is 4. The molecule has 87 heavy (non-hydrogen) atoms. The maximum absolute atomic E-state index is 14.3. The monoisotopic (exact) mass is 1210 g/mol. The third-order valence-corrected chi connectivity index (χ3v) is 14.9. The average molecular weight is 1210 g/mol. The number of hydrogen-bond acceptors (Lipinski definition) is 13. The van der Waals surface area contributed by atoms with E-state index < -0.39 is 98.3 Å². The Kier molecular flexibility index (Phi) is 36.4. The first-order valence-electron chi connectivity index (χ1n) is 34.4. The van der Waals surface area contributed by atoms with Gasteiger partial charge in [-0.2, -0.15) is 0 Å². The Hall–Kier alpha value is -4.96. The van der Waals surface area contributed by atoms with Crippen LogP contribution in [0.5, 0.6) is 0 Å². The molecule has 4 rings (SSSR count). The topological polar surface area (TPSA) is 163 Å². The van der Waals surface area contributed by atoms with Crippen LogP contribution in [0.1, 0.15) is 247 Å². The van der Waals surface area contributed by atoms with Crippen molar-refractivity contribution in [2.45, 2.75) is 290 Å². The Balaban J connectivity index is 1.72. The van der Waals surface area contributed by atoms with Crippen LogP contribution in [0.2, 0.25) is 0 Å². The number of carbonyl (C=O) groups excluding carboxylic acids is 4. The van der Waals surface area contributed by atoms with Crippen molar-refractivity contribution in [2.75, 3.05) is 26.4 Å². The fourth-order valence-corrected chi connectivity index (χ4v) is 10.4. The second-order valence-electron chi connectivity index (χ2n) is 25.3. The van der Waals surface area contributed by atoms with Gasteiger partial charge in [-0.15, -0.1) is 0 Å². The van der Waals surface area contributed by atoms with E-state index in [0.717, 1.165) is 38.5 Å². The summed E-state index contributed by atoms with van der Waals surface area (Å²) in [5, 5.41) is 3.20. The molecule has 0 aliphatic carbocycles. The van der Waals surface area contributed by atoms with E-state index >= 15 is 0 Å². The Morgan fingerprint density at radius 1 is 0.540 bits per heavy atom. The van der Waals surface area contributed by atoms with Gasteiger partial charge in [0, 0.05) is 6.42 Å². The van der Waals surface area contributed by atoms with E-state index in [-0.39, 0.29) is 25.5 Å². The van der Waals surface area contributed by atoms with Crippen molar-refractivity contribution in [3.05, 3.63) is 120 Å². The van der Waals surface area contributed by atoms with E-state index in [0.29, 0.717) is 29.5 Å². The van der Waals surface area contributed by atoms with Crippen LogP contribution in [0.3, 0.4) is 0 Å². The van der Waals surface area contributed by atoms with Crippen LogP contribution in [0.15, 0.2) is 103 Å². The van der Waals surface area contributed by atoms with Crippen LogP contribution in [-0.4, -0.2) is 104 Å². The lowest BCUT2D eigenvalue weighted by molar-refractivity contribution is -0.327. The molecular weight excluding hydrogens is 1100 g/mol. The molecule has 3 aromatic rings. The van der Waals surface area contributed by atoms with Gasteiger partial charge >= 0.3 is 17.9 Å². The fourth-order valence-electron chi connectivity index (χ4n) is 10.4. The Morgan fingerprint density at radius 2 is 0.989 bits per heavy atom. The molecule has 1 N–H and O–H groups in total. The zero-order valence-corrected chi connectivity index (χ0v) is 54.5. The SMILES string of the molecule is [2H]C(O[C@H]1[C@@H](OCC(=O)OC(C)(C)C)[C@@H](COCC(=O)OC(C)(C)C)OC(OC[C@H](NC(=O)CCCCCCCCCCCCCCC)[C@@H](/C=C/CCCCCCCCCCCCC)OC(=O)c2ccccc2)[C@@H]1OC([2H])c1ccccc1)c1ccccc1. The van der Waals surface area contributed by atoms with Crippen molar-refractivity contribution in [3.8, 4) is 0 Å². The van der Waals surface area contributed by atoms with Crippen molar-refractivity contribution in [3.63, 3.8) is 0 Å². The lowest BCUT2D eigenvalue weighted by atomic mass is 9.97. The zero-order valence-electron chi connectivity index (χ0n) is 56.5. The van der Waals surface area contributed by atoms with Gasteiger partial charge < -0.3 is 47.9 Å². The first-order valence-corrected chi connectivity index (χ1v) is 33.2. The zero-order chi connectivity index (χ0) is 64.5. The number of rotatable bonds is 47. The summed E-state index contributed by atoms with van der Waals surface area (Å²) in [5.41, 5.74) is -0.364. The highest BCUT2D eigenvalue weighted by molar-refractivity contribution is 5.89. The first-order chi connectivity index (χ1) is 42.9. The number of esters is 3. The maximum Gasteiger partial charge on any atom is 0.338 e. The van der Waals surface area contributed by atoms with Crippen molar-refractivity contribution >= 4 is 23.8 Å². The van der Waals surface area contributed by atoms with E-state index in [1.807, 2.05) is 30.4 Å². The summed E-state index contributed by atoms with van der Waals surface area (Å²) in [7, 11) is 0. The third-order valence-electron chi connectivity index (χ3n) is 14.9. The number of unbranched alkanes of at least 4 members (excludes halogenated alkanes) is 23. The molecule has 9 atom stereocenters. The molecule has 14 heteroatoms. The van der Waals surface area contributed by atoms with Gasteiger partial charge in [-0.1, -0.05) is 240 Å². The second kappa shape index (κ2) is 44.5. The van der Waals surface area contributed by atoms with E-state index in [1.165, 1.54) is 109 Å². The van der Waals surface area contributed by atoms with E-state index in [4.69, 9.17) is 42.6 Å². The minimum absolute atomic E-state index is 0.230. The van der Waals surface area contributed by atoms with Gasteiger partial charge in [0.15, 0.2) is 6.29 Å². The molecule has 1 amide bonds. The molecule has 3 unspecified atom stereocenters. The van der Waals surface area contributed by atoms with Gasteiger partial charge in [0.1, 0.15) is 54.9 Å². The largest absolute Gasteiger partial charge is 0.458 e. The normalized spacial score (nSPS) is 18.9. The lowest BCUT2D eigenvalue weighted by Crippen LogP contribution is -2.62. The molecule has 14 nitrogen and oxygen atoms in total. The maximum atomic E-state index is 14.3. The van der Waals surface area contributed by atoms with Crippen LogP contribution in [0, 0.1) is 0 Å². The van der Waals surface area contributed by atoms with E-state index in [9.17, 15) is 21.9 Å². The summed E-state index contributed by atoms with van der Waals surface area (Å²) in [4.78, 5) is 55.1. The van der Waals surface area contributed by atoms with Crippen molar-refractivity contribution in [2.24, 2.45) is 0 Å². The molecule has 0 spiro atoms. The standard InChI is InChI=1S/C73H113NO13/c1-9-11-13-15-17-19-21-23-25-27-29-31-42-50-62(84-70(78)60-48-40-35-41-49-60)61(74-64(75)51-43-32-30-28-26-24-22-20-18-16-14-12-10-2)54-83-71-69(81-53-59-46-38-34-39-47-59)68(80-52-58-44-36-33-37-45-58)67(82-57-66(77)87-73(6,7)8)63(85-71)55-79-56-65(76)86-72(3,4)5/h33-42,44-50,61-63,67-69,71H,9-32,43,51-57H2,1-8H3,(H,74,75)/b50-42+/t61-,62+,63+,67-,68-,69+,71?/m0/s1/i52D,53D/t52?,53?,61-,62+,63+,67-,68-,69+,71?. The lowest BCUT2D eigenvalue weighted by Gasteiger charge is -2.46. The number of benzene rings is 3. The second-order valence-corrected chi connectivity index (χ2v) is 25.3. The van der Waals surface area contributed by atoms with Gasteiger partial charge in [0.25, 0.3) is 0 Å². The van der Waals surface area contributed by atoms with Crippen molar-refractivity contribution < 1.29 is 64.6 Å². The molecule has 1 fully saturated rings. The molecule has 0 bridgehead atoms. The smallest absolute Gasteiger partial charge is 0.338 e. The summed E-state index contributed by atoms with van der Waals surface area (Å²) in [6, 6.07) is 25.4. The average Bonchev–Trinajstić information content (AvgIpc) is 1.17. The van der Waals surface area contributed by atoms with Gasteiger partial charge in [-0.05, 0) is 90.1 Å². The Bertz CT molecular complexity index is 2370. The molecule has 0 radical (unpaired) electrons. The van der Waals surface area contributed by atoms with Gasteiger partial charge in [0.05, 0.1) is 40.7 Å². The molecule has 1 aliphatic rings. The fraction of sp³-hybridized carbons (Fsp3) is 0.671. The van der Waals surface area contributed by atoms with E-state index in [2.05, 4.69) is 19.2 Å². The van der Waals surface area contributed by atoms with Crippen LogP contribution in [0.4, 0.5) is 0 Å². The van der Waals surface area contributed by atoms with Crippen molar-refractivity contribution in [1.29, 1.82) is 0 Å². The minimum Gasteiger partial charge on any atom is -0.458 e. The highest BCUT2D eigenvalue weighted by Gasteiger charge is 2.50. The highest BCUT2D eigenvalue weighted by Crippen LogP contribution is 2.32. The van der Waals surface area contributed by atoms with E-state index in [1.54, 1.807) is 114 Å². The first kappa shape index (κ1) is 71.1. The van der Waals surface area contributed by atoms with Crippen LogP contribution in [-0.2, 0) is 70.2 Å². The van der Waals surface area contributed by atoms with Crippen LogP contribution < -0.4 is 5.32 Å². The molecule has 3 aromatic carbocycles. The number of allylic oxidation sites excluding steroid dienone is 1. The summed E-state index contributed by atoms with van der Waals surface area (Å²) < 4.78 is 76.1. The molecule has 1 saturated heterocycles. The van der Waals surface area contributed by atoms with Crippen LogP contribution in [0.25, 0.3) is 0 Å². The summed E-state index contributed by atoms with van der Waals surface area (Å²) in [6.07, 6.45) is 25.5.